The Morgan fingerprint density at radius 3 is 1.86 bits per heavy atom. The van der Waals surface area contributed by atoms with Gasteiger partial charge in [0.15, 0.2) is 14.1 Å². The van der Waals surface area contributed by atoms with Gasteiger partial charge in [0, 0.05) is 20.3 Å². The van der Waals surface area contributed by atoms with Crippen LogP contribution in [0.3, 0.4) is 0 Å². The Labute approximate surface area is 299 Å². The second kappa shape index (κ2) is 15.3. The van der Waals surface area contributed by atoms with Crippen molar-refractivity contribution in [2.45, 2.75) is 168 Å². The molecule has 0 aromatic rings. The number of amides is 3. The smallest absolute Gasteiger partial charge is 0.417 e. The van der Waals surface area contributed by atoms with Gasteiger partial charge in [-0.1, -0.05) is 20.8 Å². The molecule has 2 aliphatic heterocycles. The largest absolute Gasteiger partial charge is 0.460 e. The van der Waals surface area contributed by atoms with Crippen molar-refractivity contribution in [2.24, 2.45) is 0 Å². The summed E-state index contributed by atoms with van der Waals surface area (Å²) < 4.78 is 66.7. The Bertz CT molecular complexity index is 1360. The van der Waals surface area contributed by atoms with Crippen LogP contribution in [0.1, 0.15) is 96.4 Å². The number of nitrogens with zero attached hydrogens (tertiary/aromatic N) is 2. The Balaban J connectivity index is 2.75. The summed E-state index contributed by atoms with van der Waals surface area (Å²) in [5.41, 5.74) is -1.93. The molecule has 2 rings (SSSR count). The van der Waals surface area contributed by atoms with E-state index in [2.05, 4.69) is 0 Å². The summed E-state index contributed by atoms with van der Waals surface area (Å²) in [5, 5.41) is -0.214. The zero-order valence-corrected chi connectivity index (χ0v) is 34.5. The molecule has 0 bridgehead atoms. The number of likely N-dealkylation sites (tertiary alicyclic amines) is 1. The highest BCUT2D eigenvalue weighted by molar-refractivity contribution is 7.86. The molecule has 2 fully saturated rings. The summed E-state index contributed by atoms with van der Waals surface area (Å²) in [5.74, 6) is -2.57. The maximum atomic E-state index is 14.2. The van der Waals surface area contributed by atoms with E-state index in [1.165, 1.54) is 18.7 Å². The van der Waals surface area contributed by atoms with E-state index in [0.717, 1.165) is 11.2 Å². The Hall–Kier alpha value is -2.31. The van der Waals surface area contributed by atoms with Gasteiger partial charge in [0.2, 0.25) is 5.91 Å². The number of fused-ring (bicyclic) bond motifs is 1. The first-order chi connectivity index (χ1) is 22.2. The fourth-order valence-corrected chi connectivity index (χ4v) is 7.20. The third-order valence-electron chi connectivity index (χ3n) is 8.47. The van der Waals surface area contributed by atoms with Gasteiger partial charge in [0.25, 0.3) is 10.1 Å². The molecule has 3 amide bonds. The summed E-state index contributed by atoms with van der Waals surface area (Å²) in [4.78, 5) is 55.2. The number of carbonyl (C=O) groups is 4. The molecule has 0 aliphatic carbocycles. The van der Waals surface area contributed by atoms with Gasteiger partial charge in [-0.15, -0.1) is 0 Å². The van der Waals surface area contributed by atoms with Crippen LogP contribution in [0.5, 0.6) is 0 Å². The van der Waals surface area contributed by atoms with Gasteiger partial charge < -0.3 is 28.1 Å². The number of rotatable bonds is 11. The number of hydrogen-bond acceptors (Lipinski definition) is 13. The standard InChI is InChI=1S/C33H60N2O13SSi/c1-20(36)34(28(38)46-30(3,4)5)18-23-26-27(45-33(12,13)44-26)25(35(23)29(39)47-31(6,7)8)24(43-21(2)37)17-22(48-49(14,40)41)19-42-50(15,16)32(9,10)11/h22-27H,17-19H2,1-16H3/t22-,23-,24-,25-,26-,27+/m0/s1. The number of ether oxygens (including phenoxy) is 5. The van der Waals surface area contributed by atoms with E-state index in [4.69, 9.17) is 32.3 Å². The summed E-state index contributed by atoms with van der Waals surface area (Å²) >= 11 is 0. The van der Waals surface area contributed by atoms with E-state index in [0.29, 0.717) is 0 Å². The zero-order valence-electron chi connectivity index (χ0n) is 32.7. The number of esters is 1. The van der Waals surface area contributed by atoms with Crippen molar-refractivity contribution in [3.63, 3.8) is 0 Å². The van der Waals surface area contributed by atoms with E-state index in [1.54, 1.807) is 55.4 Å². The minimum atomic E-state index is -4.04. The number of hydrogen-bond donors (Lipinski definition) is 0. The molecule has 0 saturated carbocycles. The van der Waals surface area contributed by atoms with Gasteiger partial charge in [-0.3, -0.25) is 18.7 Å². The second-order valence-corrected chi connectivity index (χ2v) is 23.4. The highest BCUT2D eigenvalue weighted by atomic mass is 32.2. The van der Waals surface area contributed by atoms with E-state index in [9.17, 15) is 27.6 Å². The second-order valence-electron chi connectivity index (χ2n) is 17.0. The predicted octanol–water partition coefficient (Wildman–Crippen LogP) is 4.97. The lowest BCUT2D eigenvalue weighted by atomic mass is 9.98. The van der Waals surface area contributed by atoms with Crippen molar-refractivity contribution < 1.29 is 59.9 Å². The molecule has 0 aromatic heterocycles. The lowest BCUT2D eigenvalue weighted by Gasteiger charge is -2.40. The molecule has 17 heteroatoms. The van der Waals surface area contributed by atoms with Crippen LogP contribution in [0.2, 0.25) is 18.1 Å². The SMILES string of the molecule is CC(=O)O[C@@H](C[C@@H](CO[Si](C)(C)C(C)(C)C)OS(C)(=O)=O)[C@H]1[C@H]2OC(C)(C)O[C@H]2[C@H](CN(C(C)=O)C(=O)OC(C)(C)C)N1C(=O)OC(C)(C)C. The normalized spacial score (nSPS) is 23.9. The van der Waals surface area contributed by atoms with Crippen LogP contribution >= 0.6 is 0 Å². The molecule has 6 atom stereocenters. The van der Waals surface area contributed by atoms with E-state index in [-0.39, 0.29) is 24.6 Å². The molecule has 2 aliphatic rings. The maximum Gasteiger partial charge on any atom is 0.417 e. The molecular formula is C33H60N2O13SSi. The van der Waals surface area contributed by atoms with Gasteiger partial charge in [-0.05, 0) is 73.5 Å². The molecule has 50 heavy (non-hydrogen) atoms. The highest BCUT2D eigenvalue weighted by Crippen LogP contribution is 2.44. The van der Waals surface area contributed by atoms with Crippen LogP contribution in [0, 0.1) is 0 Å². The quantitative estimate of drug-likeness (QED) is 0.120. The number of imide groups is 1. The van der Waals surface area contributed by atoms with Crippen LogP contribution in [0.4, 0.5) is 9.59 Å². The third kappa shape index (κ3) is 12.4. The monoisotopic (exact) mass is 752 g/mol. The fraction of sp³-hybridized carbons (Fsp3) is 0.879. The van der Waals surface area contributed by atoms with Crippen molar-refractivity contribution in [1.29, 1.82) is 0 Å². The molecule has 0 N–H and O–H groups in total. The average Bonchev–Trinajstić information content (AvgIpc) is 3.31. The molecule has 2 saturated heterocycles. The Morgan fingerprint density at radius 2 is 1.42 bits per heavy atom. The van der Waals surface area contributed by atoms with Gasteiger partial charge in [0.05, 0.1) is 25.4 Å². The molecule has 0 aromatic carbocycles. The number of carbonyl (C=O) groups excluding carboxylic acids is 4. The molecule has 2 heterocycles. The van der Waals surface area contributed by atoms with Crippen LogP contribution < -0.4 is 0 Å². The van der Waals surface area contributed by atoms with Crippen LogP contribution in [-0.4, -0.2) is 123 Å². The lowest BCUT2D eigenvalue weighted by molar-refractivity contribution is -0.179. The summed E-state index contributed by atoms with van der Waals surface area (Å²) in [6.07, 6.45) is -5.48. The van der Waals surface area contributed by atoms with Gasteiger partial charge in [0.1, 0.15) is 41.7 Å². The van der Waals surface area contributed by atoms with Crippen molar-refractivity contribution in [2.75, 3.05) is 19.4 Å². The van der Waals surface area contributed by atoms with Crippen molar-refractivity contribution >= 4 is 42.5 Å². The fourth-order valence-electron chi connectivity index (χ4n) is 5.54. The van der Waals surface area contributed by atoms with Crippen molar-refractivity contribution in [3.05, 3.63) is 0 Å². The molecule has 15 nitrogen and oxygen atoms in total. The molecular weight excluding hydrogens is 693 g/mol. The van der Waals surface area contributed by atoms with Crippen LogP contribution in [0.15, 0.2) is 0 Å². The Morgan fingerprint density at radius 1 is 0.900 bits per heavy atom. The zero-order chi connectivity index (χ0) is 39.0. The highest BCUT2D eigenvalue weighted by Gasteiger charge is 2.63. The Kier molecular flexibility index (Phi) is 13.5. The van der Waals surface area contributed by atoms with Gasteiger partial charge >= 0.3 is 18.2 Å². The van der Waals surface area contributed by atoms with Crippen molar-refractivity contribution in [1.82, 2.24) is 9.80 Å². The molecule has 0 radical (unpaired) electrons. The minimum absolute atomic E-state index is 0.155. The first kappa shape index (κ1) is 43.8. The van der Waals surface area contributed by atoms with E-state index in [1.807, 2.05) is 33.9 Å². The third-order valence-corrected chi connectivity index (χ3v) is 13.6. The lowest BCUT2D eigenvalue weighted by Crippen LogP contribution is -2.57. The molecule has 290 valence electrons. The summed E-state index contributed by atoms with van der Waals surface area (Å²) in [7, 11) is -6.45. The maximum absolute atomic E-state index is 14.2. The van der Waals surface area contributed by atoms with E-state index >= 15 is 0 Å². The average molecular weight is 753 g/mol. The van der Waals surface area contributed by atoms with Crippen LogP contribution in [-0.2, 0) is 52.0 Å². The molecule has 0 unspecified atom stereocenters. The summed E-state index contributed by atoms with van der Waals surface area (Å²) in [6, 6.07) is -2.23. The molecule has 0 spiro atoms. The van der Waals surface area contributed by atoms with Crippen LogP contribution in [0.25, 0.3) is 0 Å². The minimum Gasteiger partial charge on any atom is -0.460 e. The van der Waals surface area contributed by atoms with Crippen molar-refractivity contribution in [3.8, 4) is 0 Å². The van der Waals surface area contributed by atoms with Gasteiger partial charge in [-0.2, -0.15) is 8.42 Å². The van der Waals surface area contributed by atoms with Gasteiger partial charge in [-0.25, -0.2) is 14.5 Å². The first-order valence-electron chi connectivity index (χ1n) is 16.8. The summed E-state index contributed by atoms with van der Waals surface area (Å²) in [6.45, 7) is 25.2. The van der Waals surface area contributed by atoms with E-state index < -0.39 is 96.0 Å². The predicted molar refractivity (Wildman–Crippen MR) is 186 cm³/mol. The topological polar surface area (TPSA) is 174 Å². The first-order valence-corrected chi connectivity index (χ1v) is 21.5.